The van der Waals surface area contributed by atoms with Gasteiger partial charge in [0.1, 0.15) is 5.75 Å². The van der Waals surface area contributed by atoms with Crippen LogP contribution in [0, 0.1) is 0 Å². The first-order valence-electron chi connectivity index (χ1n) is 9.98. The molecule has 1 atom stereocenters. The molecular formula is C24H24N2O3S. The summed E-state index contributed by atoms with van der Waals surface area (Å²) < 4.78 is 34.7. The van der Waals surface area contributed by atoms with Gasteiger partial charge in [0.05, 0.1) is 10.3 Å². The highest BCUT2D eigenvalue weighted by Gasteiger charge is 2.60. The van der Waals surface area contributed by atoms with Gasteiger partial charge in [-0.2, -0.15) is 0 Å². The largest absolute Gasteiger partial charge is 0.466 e. The molecule has 0 aromatic heterocycles. The number of fused-ring (bicyclic) bond motifs is 2. The maximum absolute atomic E-state index is 12.7. The van der Waals surface area contributed by atoms with E-state index in [2.05, 4.69) is 48.7 Å². The lowest BCUT2D eigenvalue weighted by Crippen LogP contribution is -2.58. The van der Waals surface area contributed by atoms with Gasteiger partial charge in [-0.3, -0.25) is 4.72 Å². The Balaban J connectivity index is 1.48. The molecule has 1 N–H and O–H groups in total. The van der Waals surface area contributed by atoms with E-state index in [4.69, 9.17) is 4.74 Å². The first kappa shape index (κ1) is 19.0. The average molecular weight is 421 g/mol. The normalized spacial score (nSPS) is 21.2. The van der Waals surface area contributed by atoms with Crippen LogP contribution in [0.2, 0.25) is 0 Å². The molecule has 2 aliphatic heterocycles. The van der Waals surface area contributed by atoms with E-state index in [1.807, 2.05) is 18.2 Å². The minimum absolute atomic E-state index is 0.235. The molecule has 30 heavy (non-hydrogen) atoms. The molecule has 3 aromatic carbocycles. The molecule has 0 bridgehead atoms. The van der Waals surface area contributed by atoms with Crippen molar-refractivity contribution in [1.82, 2.24) is 0 Å². The zero-order valence-corrected chi connectivity index (χ0v) is 18.0. The number of likely N-dealkylation sites (N-methyl/N-ethyl adjacent to an activating group) is 1. The number of nitrogens with one attached hydrogen (secondary N) is 1. The van der Waals surface area contributed by atoms with Crippen molar-refractivity contribution in [1.29, 1.82) is 0 Å². The number of hydrogen-bond acceptors (Lipinski definition) is 4. The third kappa shape index (κ3) is 2.56. The number of ether oxygens (including phenoxy) is 1. The number of para-hydroxylation sites is 1. The molecule has 0 aliphatic carbocycles. The SMILES string of the molecule is CN1c2ccccc2C(C)(C)[C@]12Cc1cc(NS(=O)(=O)c3ccccc3)ccc1O2. The lowest BCUT2D eigenvalue weighted by Gasteiger charge is -2.42. The van der Waals surface area contributed by atoms with Crippen LogP contribution in [0.1, 0.15) is 25.0 Å². The maximum Gasteiger partial charge on any atom is 0.261 e. The molecule has 1 spiro atoms. The fraction of sp³-hybridized carbons (Fsp3) is 0.250. The van der Waals surface area contributed by atoms with Gasteiger partial charge in [-0.25, -0.2) is 8.42 Å². The third-order valence-electron chi connectivity index (χ3n) is 6.53. The van der Waals surface area contributed by atoms with Crippen LogP contribution in [-0.2, 0) is 21.9 Å². The van der Waals surface area contributed by atoms with Gasteiger partial charge in [0.25, 0.3) is 10.0 Å². The van der Waals surface area contributed by atoms with Gasteiger partial charge in [0, 0.05) is 30.4 Å². The summed E-state index contributed by atoms with van der Waals surface area (Å²) in [7, 11) is -1.57. The molecular weight excluding hydrogens is 396 g/mol. The van der Waals surface area contributed by atoms with Crippen LogP contribution in [0.15, 0.2) is 77.7 Å². The summed E-state index contributed by atoms with van der Waals surface area (Å²) in [6.07, 6.45) is 0.668. The summed E-state index contributed by atoms with van der Waals surface area (Å²) in [5.74, 6) is 0.797. The van der Waals surface area contributed by atoms with E-state index in [0.29, 0.717) is 12.1 Å². The maximum atomic E-state index is 12.7. The van der Waals surface area contributed by atoms with E-state index in [-0.39, 0.29) is 10.3 Å². The fourth-order valence-electron chi connectivity index (χ4n) is 4.83. The Morgan fingerprint density at radius 3 is 2.40 bits per heavy atom. The van der Waals surface area contributed by atoms with Crippen LogP contribution < -0.4 is 14.4 Å². The number of benzene rings is 3. The van der Waals surface area contributed by atoms with Crippen LogP contribution in [0.25, 0.3) is 0 Å². The second kappa shape index (κ2) is 6.25. The van der Waals surface area contributed by atoms with Crippen molar-refractivity contribution >= 4 is 21.4 Å². The van der Waals surface area contributed by atoms with Crippen molar-refractivity contribution in [2.75, 3.05) is 16.7 Å². The van der Waals surface area contributed by atoms with E-state index in [0.717, 1.165) is 11.3 Å². The van der Waals surface area contributed by atoms with Gasteiger partial charge in [-0.05, 0) is 55.8 Å². The standard InChI is InChI=1S/C24H24N2O3S/c1-23(2)20-11-7-8-12-21(20)26(3)24(23)16-17-15-18(13-14-22(17)29-24)25-30(27,28)19-9-5-4-6-10-19/h4-15,25H,16H2,1-3H3/t24-/m1/s1. The second-order valence-corrected chi connectivity index (χ2v) is 10.2. The molecule has 6 heteroatoms. The fourth-order valence-corrected chi connectivity index (χ4v) is 5.90. The van der Waals surface area contributed by atoms with Crippen molar-refractivity contribution in [3.63, 3.8) is 0 Å². The number of rotatable bonds is 3. The lowest BCUT2D eigenvalue weighted by atomic mass is 9.76. The highest BCUT2D eigenvalue weighted by molar-refractivity contribution is 7.92. The van der Waals surface area contributed by atoms with Crippen LogP contribution in [0.5, 0.6) is 5.75 Å². The molecule has 2 aliphatic rings. The van der Waals surface area contributed by atoms with Gasteiger partial charge in [0.15, 0.2) is 5.72 Å². The Kier molecular flexibility index (Phi) is 3.96. The van der Waals surface area contributed by atoms with Crippen molar-refractivity contribution < 1.29 is 13.2 Å². The quantitative estimate of drug-likeness (QED) is 0.676. The van der Waals surface area contributed by atoms with E-state index in [1.165, 1.54) is 11.3 Å². The zero-order chi connectivity index (χ0) is 21.1. The molecule has 0 unspecified atom stereocenters. The van der Waals surface area contributed by atoms with E-state index in [9.17, 15) is 8.42 Å². The molecule has 0 amide bonds. The van der Waals surface area contributed by atoms with E-state index >= 15 is 0 Å². The number of sulfonamides is 1. The minimum Gasteiger partial charge on any atom is -0.466 e. The minimum atomic E-state index is -3.64. The van der Waals surface area contributed by atoms with Crippen LogP contribution in [0.3, 0.4) is 0 Å². The zero-order valence-electron chi connectivity index (χ0n) is 17.2. The van der Waals surface area contributed by atoms with Crippen LogP contribution in [0.4, 0.5) is 11.4 Å². The van der Waals surface area contributed by atoms with Crippen molar-refractivity contribution in [3.8, 4) is 5.75 Å². The summed E-state index contributed by atoms with van der Waals surface area (Å²) in [5.41, 5.74) is 3.17. The predicted molar refractivity (Wildman–Crippen MR) is 119 cm³/mol. The number of hydrogen-bond donors (Lipinski definition) is 1. The first-order chi connectivity index (χ1) is 14.2. The van der Waals surface area contributed by atoms with Crippen molar-refractivity contribution in [2.24, 2.45) is 0 Å². The van der Waals surface area contributed by atoms with Gasteiger partial charge in [0.2, 0.25) is 0 Å². The molecule has 0 radical (unpaired) electrons. The Morgan fingerprint density at radius 1 is 0.967 bits per heavy atom. The smallest absolute Gasteiger partial charge is 0.261 e. The Bertz CT molecular complexity index is 1240. The lowest BCUT2D eigenvalue weighted by molar-refractivity contribution is 0.0350. The Morgan fingerprint density at radius 2 is 1.67 bits per heavy atom. The second-order valence-electron chi connectivity index (χ2n) is 8.51. The third-order valence-corrected chi connectivity index (χ3v) is 7.93. The molecule has 2 heterocycles. The van der Waals surface area contributed by atoms with Gasteiger partial charge >= 0.3 is 0 Å². The van der Waals surface area contributed by atoms with E-state index in [1.54, 1.807) is 36.4 Å². The number of anilines is 2. The van der Waals surface area contributed by atoms with Crippen LogP contribution >= 0.6 is 0 Å². The average Bonchev–Trinajstić information content (AvgIpc) is 3.20. The summed E-state index contributed by atoms with van der Waals surface area (Å²) in [4.78, 5) is 2.46. The summed E-state index contributed by atoms with van der Waals surface area (Å²) >= 11 is 0. The Hall–Kier alpha value is -2.99. The Labute approximate surface area is 177 Å². The highest BCUT2D eigenvalue weighted by Crippen LogP contribution is 2.56. The van der Waals surface area contributed by atoms with Crippen molar-refractivity contribution in [3.05, 3.63) is 83.9 Å². The molecule has 0 fully saturated rings. The van der Waals surface area contributed by atoms with Gasteiger partial charge in [-0.15, -0.1) is 0 Å². The van der Waals surface area contributed by atoms with Gasteiger partial charge in [-0.1, -0.05) is 36.4 Å². The molecule has 154 valence electrons. The topological polar surface area (TPSA) is 58.6 Å². The summed E-state index contributed by atoms with van der Waals surface area (Å²) in [6.45, 7) is 4.42. The molecule has 5 rings (SSSR count). The van der Waals surface area contributed by atoms with Crippen LogP contribution in [-0.4, -0.2) is 21.2 Å². The molecule has 0 saturated carbocycles. The summed E-state index contributed by atoms with van der Waals surface area (Å²) in [6, 6.07) is 22.3. The van der Waals surface area contributed by atoms with E-state index < -0.39 is 15.7 Å². The predicted octanol–water partition coefficient (Wildman–Crippen LogP) is 4.55. The highest BCUT2D eigenvalue weighted by atomic mass is 32.2. The first-order valence-corrected chi connectivity index (χ1v) is 11.5. The molecule has 5 nitrogen and oxygen atoms in total. The molecule has 3 aromatic rings. The van der Waals surface area contributed by atoms with Crippen molar-refractivity contribution in [2.45, 2.75) is 36.3 Å². The monoisotopic (exact) mass is 420 g/mol. The number of nitrogens with zero attached hydrogens (tertiary/aromatic N) is 1. The molecule has 0 saturated heterocycles. The summed E-state index contributed by atoms with van der Waals surface area (Å²) in [5, 5.41) is 0. The van der Waals surface area contributed by atoms with Gasteiger partial charge < -0.3 is 9.64 Å².